The summed E-state index contributed by atoms with van der Waals surface area (Å²) in [6, 6.07) is 5.22. The van der Waals surface area contributed by atoms with Crippen LogP contribution in [0.15, 0.2) is 22.7 Å². The van der Waals surface area contributed by atoms with Gasteiger partial charge in [-0.25, -0.2) is 0 Å². The zero-order valence-electron chi connectivity index (χ0n) is 9.13. The number of hydrogen-bond acceptors (Lipinski definition) is 3. The van der Waals surface area contributed by atoms with E-state index in [2.05, 4.69) is 21.2 Å². The maximum atomic E-state index is 11.4. The maximum absolute atomic E-state index is 11.4. The van der Waals surface area contributed by atoms with Gasteiger partial charge in [0.05, 0.1) is 5.69 Å². The number of carbonyl (C=O) groups excluding carboxylic acids is 1. The number of rotatable bonds is 5. The van der Waals surface area contributed by atoms with E-state index in [4.69, 9.17) is 10.5 Å². The van der Waals surface area contributed by atoms with Crippen LogP contribution >= 0.6 is 15.9 Å². The standard InChI is InChI=1S/C11H15BrN2O2/c1-2-5-16-7-11(15)14-10-4-3-8(13)6-9(10)12/h3-4,6H,2,5,7,13H2,1H3,(H,14,15). The summed E-state index contributed by atoms with van der Waals surface area (Å²) in [5, 5.41) is 2.73. The molecule has 0 spiro atoms. The fourth-order valence-electron chi connectivity index (χ4n) is 1.13. The van der Waals surface area contributed by atoms with E-state index < -0.39 is 0 Å². The molecule has 16 heavy (non-hydrogen) atoms. The van der Waals surface area contributed by atoms with Gasteiger partial charge in [0.15, 0.2) is 0 Å². The van der Waals surface area contributed by atoms with Crippen molar-refractivity contribution in [1.82, 2.24) is 0 Å². The van der Waals surface area contributed by atoms with Crippen molar-refractivity contribution in [1.29, 1.82) is 0 Å². The van der Waals surface area contributed by atoms with E-state index in [0.29, 0.717) is 18.0 Å². The number of ether oxygens (including phenoxy) is 1. The van der Waals surface area contributed by atoms with Gasteiger partial charge in [-0.05, 0) is 40.5 Å². The number of amides is 1. The zero-order valence-corrected chi connectivity index (χ0v) is 10.7. The quantitative estimate of drug-likeness (QED) is 0.645. The lowest BCUT2D eigenvalue weighted by Crippen LogP contribution is -2.18. The molecule has 1 aromatic rings. The average Bonchev–Trinajstić information content (AvgIpc) is 2.23. The van der Waals surface area contributed by atoms with Crippen LogP contribution < -0.4 is 11.1 Å². The van der Waals surface area contributed by atoms with E-state index in [1.54, 1.807) is 18.2 Å². The SMILES string of the molecule is CCCOCC(=O)Nc1ccc(N)cc1Br. The molecule has 0 saturated carbocycles. The number of nitrogen functional groups attached to an aromatic ring is 1. The molecule has 88 valence electrons. The molecule has 0 unspecified atom stereocenters. The summed E-state index contributed by atoms with van der Waals surface area (Å²) in [6.45, 7) is 2.66. The predicted molar refractivity (Wildman–Crippen MR) is 68.3 cm³/mol. The second kappa shape index (κ2) is 6.50. The third-order valence-electron chi connectivity index (χ3n) is 1.85. The Bertz CT molecular complexity index is 369. The van der Waals surface area contributed by atoms with Crippen LogP contribution in [0.2, 0.25) is 0 Å². The summed E-state index contributed by atoms with van der Waals surface area (Å²) in [5.74, 6) is -0.168. The molecule has 1 amide bonds. The van der Waals surface area contributed by atoms with Crippen molar-refractivity contribution in [3.05, 3.63) is 22.7 Å². The number of nitrogens with one attached hydrogen (secondary N) is 1. The molecule has 0 aliphatic heterocycles. The first kappa shape index (κ1) is 13.0. The molecule has 1 rings (SSSR count). The molecule has 5 heteroatoms. The first-order valence-electron chi connectivity index (χ1n) is 5.06. The third kappa shape index (κ3) is 4.20. The second-order valence-corrected chi connectivity index (χ2v) is 4.19. The number of halogens is 1. The summed E-state index contributed by atoms with van der Waals surface area (Å²) in [4.78, 5) is 11.4. The minimum atomic E-state index is -0.168. The molecule has 0 fully saturated rings. The molecular weight excluding hydrogens is 272 g/mol. The Morgan fingerprint density at radius 1 is 1.56 bits per heavy atom. The van der Waals surface area contributed by atoms with Gasteiger partial charge in [0.25, 0.3) is 0 Å². The maximum Gasteiger partial charge on any atom is 0.250 e. The van der Waals surface area contributed by atoms with Crippen molar-refractivity contribution in [2.24, 2.45) is 0 Å². The highest BCUT2D eigenvalue weighted by Gasteiger charge is 2.05. The van der Waals surface area contributed by atoms with Crippen LogP contribution in [-0.4, -0.2) is 19.1 Å². The second-order valence-electron chi connectivity index (χ2n) is 3.34. The number of benzene rings is 1. The van der Waals surface area contributed by atoms with Crippen LogP contribution in [-0.2, 0) is 9.53 Å². The van der Waals surface area contributed by atoms with Crippen LogP contribution in [0.25, 0.3) is 0 Å². The molecule has 0 radical (unpaired) electrons. The lowest BCUT2D eigenvalue weighted by Gasteiger charge is -2.08. The number of nitrogens with two attached hydrogens (primary N) is 1. The van der Waals surface area contributed by atoms with Crippen molar-refractivity contribution in [2.45, 2.75) is 13.3 Å². The lowest BCUT2D eigenvalue weighted by molar-refractivity contribution is -0.120. The molecule has 0 aliphatic rings. The highest BCUT2D eigenvalue weighted by atomic mass is 79.9. The van der Waals surface area contributed by atoms with E-state index in [1.165, 1.54) is 0 Å². The van der Waals surface area contributed by atoms with Crippen molar-refractivity contribution >= 4 is 33.2 Å². The Balaban J connectivity index is 2.49. The third-order valence-corrected chi connectivity index (χ3v) is 2.50. The summed E-state index contributed by atoms with van der Waals surface area (Å²) < 4.78 is 5.89. The Kier molecular flexibility index (Phi) is 5.28. The molecule has 0 bridgehead atoms. The number of anilines is 2. The Labute approximate surface area is 103 Å². The van der Waals surface area contributed by atoms with Gasteiger partial charge in [-0.1, -0.05) is 6.92 Å². The van der Waals surface area contributed by atoms with Gasteiger partial charge in [0.2, 0.25) is 5.91 Å². The van der Waals surface area contributed by atoms with Crippen molar-refractivity contribution in [2.75, 3.05) is 24.3 Å². The molecule has 0 heterocycles. The molecule has 1 aromatic carbocycles. The van der Waals surface area contributed by atoms with Gasteiger partial charge in [0, 0.05) is 16.8 Å². The van der Waals surface area contributed by atoms with Crippen LogP contribution in [0.1, 0.15) is 13.3 Å². The smallest absolute Gasteiger partial charge is 0.250 e. The van der Waals surface area contributed by atoms with Crippen LogP contribution in [0, 0.1) is 0 Å². The largest absolute Gasteiger partial charge is 0.399 e. The van der Waals surface area contributed by atoms with Gasteiger partial charge in [-0.15, -0.1) is 0 Å². The monoisotopic (exact) mass is 286 g/mol. The summed E-state index contributed by atoms with van der Waals surface area (Å²) >= 11 is 3.32. The topological polar surface area (TPSA) is 64.3 Å². The van der Waals surface area contributed by atoms with E-state index in [1.807, 2.05) is 6.92 Å². The molecule has 4 nitrogen and oxygen atoms in total. The fraction of sp³-hybridized carbons (Fsp3) is 0.364. The van der Waals surface area contributed by atoms with Crippen LogP contribution in [0.4, 0.5) is 11.4 Å². The normalized spacial score (nSPS) is 10.1. The molecule has 3 N–H and O–H groups in total. The zero-order chi connectivity index (χ0) is 12.0. The van der Waals surface area contributed by atoms with Gasteiger partial charge >= 0.3 is 0 Å². The van der Waals surface area contributed by atoms with E-state index in [0.717, 1.165) is 10.9 Å². The number of hydrogen-bond donors (Lipinski definition) is 2. The van der Waals surface area contributed by atoms with Gasteiger partial charge in [-0.3, -0.25) is 4.79 Å². The van der Waals surface area contributed by atoms with E-state index in [-0.39, 0.29) is 12.5 Å². The van der Waals surface area contributed by atoms with Gasteiger partial charge < -0.3 is 15.8 Å². The fourth-order valence-corrected chi connectivity index (χ4v) is 1.62. The minimum Gasteiger partial charge on any atom is -0.399 e. The molecule has 0 aliphatic carbocycles. The summed E-state index contributed by atoms with van der Waals surface area (Å²) in [6.07, 6.45) is 0.902. The highest BCUT2D eigenvalue weighted by molar-refractivity contribution is 9.10. The first-order valence-corrected chi connectivity index (χ1v) is 5.85. The van der Waals surface area contributed by atoms with E-state index in [9.17, 15) is 4.79 Å². The average molecular weight is 287 g/mol. The Morgan fingerprint density at radius 3 is 2.94 bits per heavy atom. The van der Waals surface area contributed by atoms with Gasteiger partial charge in [-0.2, -0.15) is 0 Å². The Morgan fingerprint density at radius 2 is 2.31 bits per heavy atom. The van der Waals surface area contributed by atoms with Crippen molar-refractivity contribution < 1.29 is 9.53 Å². The van der Waals surface area contributed by atoms with Crippen molar-refractivity contribution in [3.63, 3.8) is 0 Å². The molecular formula is C11H15BrN2O2. The van der Waals surface area contributed by atoms with Crippen LogP contribution in [0.3, 0.4) is 0 Å². The summed E-state index contributed by atoms with van der Waals surface area (Å²) in [7, 11) is 0. The summed E-state index contributed by atoms with van der Waals surface area (Å²) in [5.41, 5.74) is 6.93. The number of carbonyl (C=O) groups is 1. The van der Waals surface area contributed by atoms with Crippen LogP contribution in [0.5, 0.6) is 0 Å². The Hall–Kier alpha value is -1.07. The molecule has 0 saturated heterocycles. The molecule has 0 aromatic heterocycles. The lowest BCUT2D eigenvalue weighted by atomic mass is 10.3. The first-order chi connectivity index (χ1) is 7.63. The highest BCUT2D eigenvalue weighted by Crippen LogP contribution is 2.24. The van der Waals surface area contributed by atoms with Crippen molar-refractivity contribution in [3.8, 4) is 0 Å². The van der Waals surface area contributed by atoms with Gasteiger partial charge in [0.1, 0.15) is 6.61 Å². The molecule has 0 atom stereocenters. The minimum absolute atomic E-state index is 0.0741. The predicted octanol–water partition coefficient (Wildman–Crippen LogP) is 2.40. The van der Waals surface area contributed by atoms with E-state index >= 15 is 0 Å².